The van der Waals surface area contributed by atoms with Gasteiger partial charge in [0.2, 0.25) is 0 Å². The monoisotopic (exact) mass is 603 g/mol. The Balaban J connectivity index is 1.73. The molecule has 0 amide bonds. The van der Waals surface area contributed by atoms with Gasteiger partial charge in [-0.05, 0) is 0 Å². The summed E-state index contributed by atoms with van der Waals surface area (Å²) >= 11 is 0. The van der Waals surface area contributed by atoms with E-state index in [1.807, 2.05) is 0 Å². The summed E-state index contributed by atoms with van der Waals surface area (Å²) < 4.78 is 23.9. The predicted octanol–water partition coefficient (Wildman–Crippen LogP) is 10.4. The molecule has 0 spiro atoms. The van der Waals surface area contributed by atoms with Crippen LogP contribution in [0.2, 0.25) is 0 Å². The third kappa shape index (κ3) is 4.38. The van der Waals surface area contributed by atoms with Gasteiger partial charge >= 0.3 is 261 Å². The van der Waals surface area contributed by atoms with Crippen LogP contribution in [-0.4, -0.2) is 10.4 Å². The van der Waals surface area contributed by atoms with Crippen LogP contribution >= 0.6 is 7.43 Å². The average molecular weight is 604 g/mol. The van der Waals surface area contributed by atoms with Crippen molar-refractivity contribution in [2.75, 3.05) is 6.16 Å². The van der Waals surface area contributed by atoms with E-state index in [0.717, 1.165) is 36.9 Å². The molecule has 3 aliphatic rings. The summed E-state index contributed by atoms with van der Waals surface area (Å²) in [5, 5.41) is 0. The van der Waals surface area contributed by atoms with Gasteiger partial charge in [-0.2, -0.15) is 0 Å². The van der Waals surface area contributed by atoms with Gasteiger partial charge in [-0.25, -0.2) is 0 Å². The Kier molecular flexibility index (Phi) is 6.39. The van der Waals surface area contributed by atoms with E-state index >= 15 is 0 Å². The molecule has 3 aromatic rings. The first kappa shape index (κ1) is 30.5. The molecule has 0 bridgehead atoms. The standard InChI is InChI=1S/C38H54NO3P/c1-14-43-39(21-27-15-24(2)18-30(33(27)40-43)36(5,6)7,22-28-16-25(3)19-31(34(28)41-43)37(8,9)10)23-29-17-26(4)20-32(35(29)42-43)38(11,12)13/h15-20,43H,14,21-23H2,1-13H3. The first-order valence-corrected chi connectivity index (χ1v) is 18.6. The molecule has 0 unspecified atom stereocenters. The molecular weight excluding hydrogens is 549 g/mol. The van der Waals surface area contributed by atoms with Crippen molar-refractivity contribution in [1.82, 2.24) is 0 Å². The van der Waals surface area contributed by atoms with Crippen LogP contribution in [0.25, 0.3) is 0 Å². The van der Waals surface area contributed by atoms with E-state index in [1.54, 1.807) is 0 Å². The van der Waals surface area contributed by atoms with E-state index in [0.29, 0.717) is 10.4 Å². The third-order valence-electron chi connectivity index (χ3n) is 10.2. The van der Waals surface area contributed by atoms with Crippen molar-refractivity contribution < 1.29 is 17.8 Å². The van der Waals surface area contributed by atoms with Crippen LogP contribution in [0.3, 0.4) is 0 Å². The van der Waals surface area contributed by atoms with Crippen molar-refractivity contribution >= 4 is 7.43 Å². The first-order chi connectivity index (χ1) is 19.7. The molecule has 0 N–H and O–H groups in total. The molecule has 234 valence electrons. The molecule has 5 heteroatoms. The summed E-state index contributed by atoms with van der Waals surface area (Å²) in [4.78, 5) is 0. The number of quaternary nitrogens is 1. The van der Waals surface area contributed by atoms with Gasteiger partial charge in [0.05, 0.1) is 0 Å². The van der Waals surface area contributed by atoms with Gasteiger partial charge in [0.25, 0.3) is 0 Å². The molecule has 0 saturated heterocycles. The first-order valence-electron chi connectivity index (χ1n) is 16.2. The molecular formula is C38H54NO3P. The second-order valence-corrected chi connectivity index (χ2v) is 21.5. The summed E-state index contributed by atoms with van der Waals surface area (Å²) in [7, 11) is -4.36. The third-order valence-corrected chi connectivity index (χ3v) is 15.5. The van der Waals surface area contributed by atoms with Crippen LogP contribution in [0.1, 0.15) is 119 Å². The van der Waals surface area contributed by atoms with Crippen LogP contribution in [0, 0.1) is 20.8 Å². The van der Waals surface area contributed by atoms with Crippen LogP contribution in [0.15, 0.2) is 36.4 Å². The fourth-order valence-electron chi connectivity index (χ4n) is 8.04. The summed E-state index contributed by atoms with van der Waals surface area (Å²) in [5.74, 6) is 2.97. The van der Waals surface area contributed by atoms with E-state index in [4.69, 9.17) is 13.6 Å². The van der Waals surface area contributed by atoms with Gasteiger partial charge < -0.3 is 0 Å². The maximum absolute atomic E-state index is 7.76. The molecule has 0 aromatic heterocycles. The van der Waals surface area contributed by atoms with Gasteiger partial charge in [0.1, 0.15) is 0 Å². The topological polar surface area (TPSA) is 27.7 Å². The predicted molar refractivity (Wildman–Crippen MR) is 182 cm³/mol. The Morgan fingerprint density at radius 2 is 0.814 bits per heavy atom. The fraction of sp³-hybridized carbons (Fsp3) is 0.526. The Morgan fingerprint density at radius 1 is 0.535 bits per heavy atom. The van der Waals surface area contributed by atoms with Gasteiger partial charge in [-0.3, -0.25) is 0 Å². The number of benzene rings is 3. The van der Waals surface area contributed by atoms with Gasteiger partial charge in [0.15, 0.2) is 0 Å². The Bertz CT molecular complexity index is 1480. The number of rotatable bonds is 1. The summed E-state index contributed by atoms with van der Waals surface area (Å²) in [5.41, 5.74) is 11.1. The second-order valence-electron chi connectivity index (χ2n) is 17.0. The van der Waals surface area contributed by atoms with E-state index in [2.05, 4.69) is 126 Å². The molecule has 0 fully saturated rings. The van der Waals surface area contributed by atoms with Crippen molar-refractivity contribution in [3.8, 4) is 17.2 Å². The van der Waals surface area contributed by atoms with Crippen LogP contribution in [0.4, 0.5) is 0 Å². The molecule has 3 aliphatic heterocycles. The molecule has 3 heterocycles. The summed E-state index contributed by atoms with van der Waals surface area (Å²) in [6.07, 6.45) is 0.685. The number of aryl methyl sites for hydroxylation is 3. The van der Waals surface area contributed by atoms with Crippen molar-refractivity contribution in [1.29, 1.82) is 0 Å². The Morgan fingerprint density at radius 3 is 1.05 bits per heavy atom. The zero-order valence-electron chi connectivity index (χ0n) is 29.0. The molecule has 43 heavy (non-hydrogen) atoms. The van der Waals surface area contributed by atoms with E-state index in [-0.39, 0.29) is 16.2 Å². The van der Waals surface area contributed by atoms with Crippen molar-refractivity contribution in [3.63, 3.8) is 0 Å². The van der Waals surface area contributed by atoms with E-state index < -0.39 is 7.43 Å². The van der Waals surface area contributed by atoms with Crippen LogP contribution < -0.4 is 13.6 Å². The normalized spacial score (nSPS) is 22.6. The van der Waals surface area contributed by atoms with Gasteiger partial charge in [-0.1, -0.05) is 0 Å². The Labute approximate surface area is 260 Å². The number of hydrogen-bond acceptors (Lipinski definition) is 3. The van der Waals surface area contributed by atoms with Crippen molar-refractivity contribution in [2.24, 2.45) is 0 Å². The summed E-state index contributed by atoms with van der Waals surface area (Å²) in [6.45, 7) is 32.0. The van der Waals surface area contributed by atoms with Crippen LogP contribution in [-0.2, 0) is 35.9 Å². The zero-order chi connectivity index (χ0) is 31.6. The minimum absolute atomic E-state index is 0.0914. The quantitative estimate of drug-likeness (QED) is 0.259. The van der Waals surface area contributed by atoms with E-state index in [9.17, 15) is 0 Å². The van der Waals surface area contributed by atoms with Crippen LogP contribution in [0.5, 0.6) is 17.2 Å². The summed E-state index contributed by atoms with van der Waals surface area (Å²) in [6, 6.07) is 14.0. The van der Waals surface area contributed by atoms with Gasteiger partial charge in [0, 0.05) is 0 Å². The number of nitrogens with zero attached hydrogens (tertiary/aromatic N) is 1. The minimum atomic E-state index is -4.36. The maximum atomic E-state index is 7.76. The van der Waals surface area contributed by atoms with Gasteiger partial charge in [-0.15, -0.1) is 0 Å². The SMILES string of the molecule is CC[PH-]123Oc4c(cc(C)cc4C(C)(C)C)C[N+]1(Cc1cc(C)cc(C(C)(C)C)c1O2)Cc1cc(C)cc(C(C)(C)C)c1O3. The zero-order valence-corrected chi connectivity index (χ0v) is 30.0. The molecule has 0 atom stereocenters. The number of fused-ring (bicyclic) bond motifs is 3. The van der Waals surface area contributed by atoms with Crippen molar-refractivity contribution in [3.05, 3.63) is 86.5 Å². The molecule has 0 saturated carbocycles. The molecule has 0 aliphatic carbocycles. The van der Waals surface area contributed by atoms with Crippen molar-refractivity contribution in [2.45, 2.75) is 126 Å². The molecule has 4 nitrogen and oxygen atoms in total. The second kappa shape index (κ2) is 9.01. The van der Waals surface area contributed by atoms with E-state index in [1.165, 1.54) is 50.1 Å². The molecule has 0 radical (unpaired) electrons. The fourth-order valence-corrected chi connectivity index (χ4v) is 13.2. The Hall–Kier alpha value is -2.55. The molecule has 3 aromatic carbocycles. The number of hydrogen-bond donors (Lipinski definition) is 0. The molecule has 6 rings (SSSR count). The average Bonchev–Trinajstić information content (AvgIpc) is 2.85.